The molecule has 0 aliphatic carbocycles. The minimum Gasteiger partial charge on any atom is -0.452 e. The number of amides is 2. The van der Waals surface area contributed by atoms with Gasteiger partial charge in [-0.2, -0.15) is 0 Å². The maximum Gasteiger partial charge on any atom is 0.338 e. The van der Waals surface area contributed by atoms with Crippen LogP contribution in [0.25, 0.3) is 0 Å². The predicted octanol–water partition coefficient (Wildman–Crippen LogP) is 3.02. The number of rotatable bonds is 4. The van der Waals surface area contributed by atoms with E-state index < -0.39 is 11.9 Å². The standard InChI is InChI=1S/C22H23N3O4/c1-13-5-6-14(2)16(10-13)23-20(26)12-29-22(28)15-7-8-18-17(11-15)24-21(27)19-4-3-9-25(18)19/h5-8,10-11,19H,3-4,9,12H2,1-2H3,(H,23,26)(H,24,27)/t19-/m0/s1. The van der Waals surface area contributed by atoms with Gasteiger partial charge in [0.25, 0.3) is 5.91 Å². The van der Waals surface area contributed by atoms with Gasteiger partial charge in [-0.25, -0.2) is 4.79 Å². The molecular weight excluding hydrogens is 370 g/mol. The van der Waals surface area contributed by atoms with E-state index in [0.717, 1.165) is 36.2 Å². The average Bonchev–Trinajstić information content (AvgIpc) is 3.19. The van der Waals surface area contributed by atoms with Gasteiger partial charge in [-0.15, -0.1) is 0 Å². The molecule has 0 aromatic heterocycles. The Hall–Kier alpha value is -3.35. The zero-order valence-electron chi connectivity index (χ0n) is 16.5. The van der Waals surface area contributed by atoms with Gasteiger partial charge in [-0.3, -0.25) is 9.59 Å². The van der Waals surface area contributed by atoms with Crippen LogP contribution in [0, 0.1) is 13.8 Å². The van der Waals surface area contributed by atoms with Crippen LogP contribution in [-0.4, -0.2) is 37.0 Å². The molecule has 1 atom stereocenters. The number of anilines is 3. The van der Waals surface area contributed by atoms with Crippen molar-refractivity contribution in [1.29, 1.82) is 0 Å². The van der Waals surface area contributed by atoms with Crippen molar-refractivity contribution in [1.82, 2.24) is 0 Å². The number of ether oxygens (including phenoxy) is 1. The van der Waals surface area contributed by atoms with Crippen LogP contribution in [0.15, 0.2) is 36.4 Å². The molecule has 0 spiro atoms. The number of carbonyl (C=O) groups excluding carboxylic acids is 3. The molecule has 7 heteroatoms. The van der Waals surface area contributed by atoms with Crippen molar-refractivity contribution in [3.05, 3.63) is 53.1 Å². The fourth-order valence-electron chi connectivity index (χ4n) is 3.83. The lowest BCUT2D eigenvalue weighted by atomic mass is 10.1. The molecule has 0 bridgehead atoms. The molecule has 0 unspecified atom stereocenters. The van der Waals surface area contributed by atoms with Gasteiger partial charge < -0.3 is 20.3 Å². The second-order valence-electron chi connectivity index (χ2n) is 7.52. The lowest BCUT2D eigenvalue weighted by Crippen LogP contribution is -2.43. The number of benzene rings is 2. The summed E-state index contributed by atoms with van der Waals surface area (Å²) in [4.78, 5) is 38.9. The molecule has 2 aromatic carbocycles. The monoisotopic (exact) mass is 393 g/mol. The Balaban J connectivity index is 1.40. The number of fused-ring (bicyclic) bond motifs is 3. The molecule has 0 saturated carbocycles. The van der Waals surface area contributed by atoms with E-state index in [9.17, 15) is 14.4 Å². The Labute approximate surface area is 169 Å². The molecule has 2 heterocycles. The van der Waals surface area contributed by atoms with Crippen molar-refractivity contribution in [2.45, 2.75) is 32.7 Å². The van der Waals surface area contributed by atoms with Gasteiger partial charge in [0.2, 0.25) is 5.91 Å². The van der Waals surface area contributed by atoms with Crippen LogP contribution in [0.4, 0.5) is 17.1 Å². The van der Waals surface area contributed by atoms with Gasteiger partial charge in [0.05, 0.1) is 16.9 Å². The third-order valence-corrected chi connectivity index (χ3v) is 5.36. The van der Waals surface area contributed by atoms with Gasteiger partial charge in [0, 0.05) is 12.2 Å². The largest absolute Gasteiger partial charge is 0.452 e. The molecule has 0 radical (unpaired) electrons. The summed E-state index contributed by atoms with van der Waals surface area (Å²) >= 11 is 0. The highest BCUT2D eigenvalue weighted by Gasteiger charge is 2.36. The van der Waals surface area contributed by atoms with Crippen LogP contribution in [0.5, 0.6) is 0 Å². The molecule has 2 N–H and O–H groups in total. The molecule has 4 rings (SSSR count). The Morgan fingerprint density at radius 1 is 1.21 bits per heavy atom. The van der Waals surface area contributed by atoms with Crippen LogP contribution in [-0.2, 0) is 14.3 Å². The third kappa shape index (κ3) is 3.81. The van der Waals surface area contributed by atoms with Gasteiger partial charge in [-0.05, 0) is 62.1 Å². The highest BCUT2D eigenvalue weighted by Crippen LogP contribution is 2.37. The van der Waals surface area contributed by atoms with Crippen molar-refractivity contribution in [3.63, 3.8) is 0 Å². The first kappa shape index (κ1) is 19.0. The number of carbonyl (C=O) groups is 3. The van der Waals surface area contributed by atoms with Crippen molar-refractivity contribution < 1.29 is 19.1 Å². The summed E-state index contributed by atoms with van der Waals surface area (Å²) in [5.41, 5.74) is 4.46. The summed E-state index contributed by atoms with van der Waals surface area (Å²) in [6, 6.07) is 10.7. The van der Waals surface area contributed by atoms with E-state index in [1.54, 1.807) is 12.1 Å². The quantitative estimate of drug-likeness (QED) is 0.780. The van der Waals surface area contributed by atoms with E-state index in [1.807, 2.05) is 38.1 Å². The molecular formula is C22H23N3O4. The second-order valence-corrected chi connectivity index (χ2v) is 7.52. The predicted molar refractivity (Wildman–Crippen MR) is 110 cm³/mol. The lowest BCUT2D eigenvalue weighted by molar-refractivity contribution is -0.119. The first-order valence-corrected chi connectivity index (χ1v) is 9.68. The number of nitrogens with one attached hydrogen (secondary N) is 2. The summed E-state index contributed by atoms with van der Waals surface area (Å²) in [6.45, 7) is 4.28. The van der Waals surface area contributed by atoms with Crippen molar-refractivity contribution in [3.8, 4) is 0 Å². The lowest BCUT2D eigenvalue weighted by Gasteiger charge is -2.33. The fourth-order valence-corrected chi connectivity index (χ4v) is 3.83. The molecule has 7 nitrogen and oxygen atoms in total. The van der Waals surface area contributed by atoms with Crippen molar-refractivity contribution in [2.75, 3.05) is 28.7 Å². The number of nitrogens with zero attached hydrogens (tertiary/aromatic N) is 1. The summed E-state index contributed by atoms with van der Waals surface area (Å²) in [5.74, 6) is -1.06. The summed E-state index contributed by atoms with van der Waals surface area (Å²) in [5, 5.41) is 5.63. The summed E-state index contributed by atoms with van der Waals surface area (Å²) in [7, 11) is 0. The molecule has 150 valence electrons. The SMILES string of the molecule is Cc1ccc(C)c(NC(=O)COC(=O)c2ccc3c(c2)NC(=O)[C@@H]2CCCN32)c1. The second kappa shape index (κ2) is 7.58. The zero-order valence-corrected chi connectivity index (χ0v) is 16.5. The first-order chi connectivity index (χ1) is 13.9. The van der Waals surface area contributed by atoms with Crippen molar-refractivity contribution >= 4 is 34.8 Å². The number of hydrogen-bond donors (Lipinski definition) is 2. The van der Waals surface area contributed by atoms with Gasteiger partial charge in [0.1, 0.15) is 6.04 Å². The molecule has 29 heavy (non-hydrogen) atoms. The molecule has 2 amide bonds. The molecule has 2 aliphatic rings. The minimum atomic E-state index is -0.610. The Morgan fingerprint density at radius 3 is 2.86 bits per heavy atom. The van der Waals surface area contributed by atoms with E-state index in [1.165, 1.54) is 0 Å². The van der Waals surface area contributed by atoms with Crippen LogP contribution < -0.4 is 15.5 Å². The van der Waals surface area contributed by atoms with E-state index >= 15 is 0 Å². The molecule has 2 aromatic rings. The van der Waals surface area contributed by atoms with Crippen molar-refractivity contribution in [2.24, 2.45) is 0 Å². The van der Waals surface area contributed by atoms with Gasteiger partial charge in [0.15, 0.2) is 6.61 Å². The smallest absolute Gasteiger partial charge is 0.338 e. The molecule has 1 saturated heterocycles. The molecule has 1 fully saturated rings. The highest BCUT2D eigenvalue weighted by molar-refractivity contribution is 6.05. The topological polar surface area (TPSA) is 87.7 Å². The fraction of sp³-hybridized carbons (Fsp3) is 0.318. The number of hydrogen-bond acceptors (Lipinski definition) is 5. The van der Waals surface area contributed by atoms with E-state index in [0.29, 0.717) is 16.9 Å². The van der Waals surface area contributed by atoms with Crippen LogP contribution in [0.2, 0.25) is 0 Å². The van der Waals surface area contributed by atoms with Crippen LogP contribution >= 0.6 is 0 Å². The van der Waals surface area contributed by atoms with E-state index in [-0.39, 0.29) is 18.6 Å². The Bertz CT molecular complexity index is 1000. The third-order valence-electron chi connectivity index (χ3n) is 5.36. The Kier molecular flexibility index (Phi) is 4.96. The number of aryl methyl sites for hydroxylation is 2. The zero-order chi connectivity index (χ0) is 20.5. The maximum absolute atomic E-state index is 12.4. The van der Waals surface area contributed by atoms with Gasteiger partial charge in [-0.1, -0.05) is 12.1 Å². The highest BCUT2D eigenvalue weighted by atomic mass is 16.5. The normalized spacial score (nSPS) is 17.2. The number of esters is 1. The van der Waals surface area contributed by atoms with Crippen LogP contribution in [0.1, 0.15) is 34.3 Å². The average molecular weight is 393 g/mol. The first-order valence-electron chi connectivity index (χ1n) is 9.68. The maximum atomic E-state index is 12.4. The van der Waals surface area contributed by atoms with Gasteiger partial charge >= 0.3 is 5.97 Å². The van der Waals surface area contributed by atoms with Crippen LogP contribution in [0.3, 0.4) is 0 Å². The summed E-state index contributed by atoms with van der Waals surface area (Å²) < 4.78 is 5.16. The Morgan fingerprint density at radius 2 is 2.03 bits per heavy atom. The van der Waals surface area contributed by atoms with E-state index in [4.69, 9.17) is 4.74 Å². The summed E-state index contributed by atoms with van der Waals surface area (Å²) in [6.07, 6.45) is 1.81. The molecule has 2 aliphatic heterocycles. The minimum absolute atomic E-state index is 0.0478. The van der Waals surface area contributed by atoms with E-state index in [2.05, 4.69) is 15.5 Å².